The van der Waals surface area contributed by atoms with E-state index in [4.69, 9.17) is 5.73 Å². The summed E-state index contributed by atoms with van der Waals surface area (Å²) in [5.41, 5.74) is 6.90. The van der Waals surface area contributed by atoms with Crippen LogP contribution in [0.15, 0.2) is 36.4 Å². The highest BCUT2D eigenvalue weighted by molar-refractivity contribution is 5.61. The van der Waals surface area contributed by atoms with Crippen LogP contribution in [0.4, 0.5) is 11.6 Å². The second-order valence-corrected chi connectivity index (χ2v) is 5.34. The van der Waals surface area contributed by atoms with Crippen LogP contribution in [-0.4, -0.2) is 34.3 Å². The van der Waals surface area contributed by atoms with E-state index in [1.807, 2.05) is 30.3 Å². The number of anilines is 2. The van der Waals surface area contributed by atoms with E-state index in [0.29, 0.717) is 24.2 Å². The third kappa shape index (κ3) is 2.97. The quantitative estimate of drug-likeness (QED) is 0.879. The molecule has 21 heavy (non-hydrogen) atoms. The molecule has 0 saturated heterocycles. The standard InChI is InChI=1S/C16H20N4O/c17-14-11-15(20(9-10-21)13-7-4-8-13)19-16(18-14)12-5-2-1-3-6-12/h1-3,5-6,11,13,21H,4,7-10H2,(H2,17,18,19). The summed E-state index contributed by atoms with van der Waals surface area (Å²) in [5.74, 6) is 1.90. The number of rotatable bonds is 5. The zero-order valence-corrected chi connectivity index (χ0v) is 11.9. The molecule has 5 nitrogen and oxygen atoms in total. The summed E-state index contributed by atoms with van der Waals surface area (Å²) in [4.78, 5) is 11.1. The third-order valence-electron chi connectivity index (χ3n) is 3.92. The van der Waals surface area contributed by atoms with Crippen molar-refractivity contribution < 1.29 is 5.11 Å². The highest BCUT2D eigenvalue weighted by Crippen LogP contribution is 2.30. The maximum Gasteiger partial charge on any atom is 0.163 e. The molecule has 1 saturated carbocycles. The summed E-state index contributed by atoms with van der Waals surface area (Å²) in [5, 5.41) is 9.31. The maximum absolute atomic E-state index is 9.31. The first-order valence-electron chi connectivity index (χ1n) is 7.35. The lowest BCUT2D eigenvalue weighted by atomic mass is 9.91. The molecule has 0 atom stereocenters. The minimum Gasteiger partial charge on any atom is -0.395 e. The van der Waals surface area contributed by atoms with Crippen molar-refractivity contribution in [2.75, 3.05) is 23.8 Å². The average Bonchev–Trinajstić information content (AvgIpc) is 2.45. The molecule has 2 aromatic rings. The fraction of sp³-hybridized carbons (Fsp3) is 0.375. The number of aliphatic hydroxyl groups is 1. The number of aromatic nitrogens is 2. The maximum atomic E-state index is 9.31. The first-order valence-corrected chi connectivity index (χ1v) is 7.35. The van der Waals surface area contributed by atoms with Gasteiger partial charge in [-0.3, -0.25) is 0 Å². The second kappa shape index (κ2) is 6.10. The summed E-state index contributed by atoms with van der Waals surface area (Å²) in [6, 6.07) is 12.1. The van der Waals surface area contributed by atoms with Gasteiger partial charge in [0, 0.05) is 24.2 Å². The Bertz CT molecular complexity index is 598. The summed E-state index contributed by atoms with van der Waals surface area (Å²) in [6.07, 6.45) is 3.52. The van der Waals surface area contributed by atoms with E-state index in [1.54, 1.807) is 6.07 Å². The lowest BCUT2D eigenvalue weighted by Crippen LogP contribution is -2.42. The van der Waals surface area contributed by atoms with Crippen molar-refractivity contribution in [3.05, 3.63) is 36.4 Å². The molecule has 0 unspecified atom stereocenters. The Labute approximate surface area is 124 Å². The van der Waals surface area contributed by atoms with Gasteiger partial charge in [-0.15, -0.1) is 0 Å². The molecule has 1 aliphatic rings. The molecule has 0 radical (unpaired) electrons. The molecule has 3 rings (SSSR count). The van der Waals surface area contributed by atoms with E-state index in [9.17, 15) is 5.11 Å². The summed E-state index contributed by atoms with van der Waals surface area (Å²) in [7, 11) is 0. The van der Waals surface area contributed by atoms with E-state index in [-0.39, 0.29) is 6.61 Å². The molecule has 0 spiro atoms. The van der Waals surface area contributed by atoms with Gasteiger partial charge in [0.1, 0.15) is 11.6 Å². The molecular weight excluding hydrogens is 264 g/mol. The van der Waals surface area contributed by atoms with Crippen molar-refractivity contribution in [1.29, 1.82) is 0 Å². The van der Waals surface area contributed by atoms with Crippen LogP contribution < -0.4 is 10.6 Å². The molecule has 5 heteroatoms. The van der Waals surface area contributed by atoms with Gasteiger partial charge in [0.25, 0.3) is 0 Å². The lowest BCUT2D eigenvalue weighted by Gasteiger charge is -2.38. The second-order valence-electron chi connectivity index (χ2n) is 5.34. The van der Waals surface area contributed by atoms with Gasteiger partial charge in [-0.1, -0.05) is 30.3 Å². The first-order chi connectivity index (χ1) is 10.3. The van der Waals surface area contributed by atoms with E-state index < -0.39 is 0 Å². The van der Waals surface area contributed by atoms with Crippen molar-refractivity contribution in [1.82, 2.24) is 9.97 Å². The number of nitrogen functional groups attached to an aromatic ring is 1. The van der Waals surface area contributed by atoms with Gasteiger partial charge < -0.3 is 15.7 Å². The lowest BCUT2D eigenvalue weighted by molar-refractivity contribution is 0.283. The van der Waals surface area contributed by atoms with E-state index >= 15 is 0 Å². The molecule has 0 bridgehead atoms. The Kier molecular flexibility index (Phi) is 4.01. The Morgan fingerprint density at radius 3 is 2.57 bits per heavy atom. The van der Waals surface area contributed by atoms with Gasteiger partial charge in [0.05, 0.1) is 6.61 Å². The van der Waals surface area contributed by atoms with Crippen LogP contribution in [0.25, 0.3) is 11.4 Å². The first kappa shape index (κ1) is 13.8. The van der Waals surface area contributed by atoms with Crippen molar-refractivity contribution in [3.63, 3.8) is 0 Å². The summed E-state index contributed by atoms with van der Waals surface area (Å²) >= 11 is 0. The molecular formula is C16H20N4O. The monoisotopic (exact) mass is 284 g/mol. The third-order valence-corrected chi connectivity index (χ3v) is 3.92. The van der Waals surface area contributed by atoms with E-state index in [1.165, 1.54) is 6.42 Å². The molecule has 1 aromatic heterocycles. The van der Waals surface area contributed by atoms with E-state index in [0.717, 1.165) is 24.2 Å². The number of benzene rings is 1. The number of hydrogen-bond donors (Lipinski definition) is 2. The van der Waals surface area contributed by atoms with Crippen molar-refractivity contribution >= 4 is 11.6 Å². The molecule has 0 amide bonds. The minimum absolute atomic E-state index is 0.112. The largest absolute Gasteiger partial charge is 0.395 e. The number of aliphatic hydroxyl groups excluding tert-OH is 1. The molecule has 3 N–H and O–H groups in total. The van der Waals surface area contributed by atoms with Crippen LogP contribution >= 0.6 is 0 Å². The Morgan fingerprint density at radius 1 is 1.19 bits per heavy atom. The Morgan fingerprint density at radius 2 is 1.95 bits per heavy atom. The summed E-state index contributed by atoms with van der Waals surface area (Å²) in [6.45, 7) is 0.691. The van der Waals surface area contributed by atoms with Crippen LogP contribution in [0.5, 0.6) is 0 Å². The number of hydrogen-bond acceptors (Lipinski definition) is 5. The van der Waals surface area contributed by atoms with Gasteiger partial charge in [0.15, 0.2) is 5.82 Å². The van der Waals surface area contributed by atoms with Gasteiger partial charge in [0.2, 0.25) is 0 Å². The van der Waals surface area contributed by atoms with Crippen LogP contribution in [-0.2, 0) is 0 Å². The summed E-state index contributed by atoms with van der Waals surface area (Å²) < 4.78 is 0. The van der Waals surface area contributed by atoms with Crippen LogP contribution in [0.1, 0.15) is 19.3 Å². The van der Waals surface area contributed by atoms with Crippen molar-refractivity contribution in [2.24, 2.45) is 0 Å². The topological polar surface area (TPSA) is 75.3 Å². The molecule has 1 aliphatic carbocycles. The van der Waals surface area contributed by atoms with E-state index in [2.05, 4.69) is 14.9 Å². The molecule has 1 aromatic carbocycles. The van der Waals surface area contributed by atoms with Crippen molar-refractivity contribution in [3.8, 4) is 11.4 Å². The van der Waals surface area contributed by atoms with Gasteiger partial charge >= 0.3 is 0 Å². The van der Waals surface area contributed by atoms with Crippen molar-refractivity contribution in [2.45, 2.75) is 25.3 Å². The van der Waals surface area contributed by atoms with Crippen LogP contribution in [0, 0.1) is 0 Å². The van der Waals surface area contributed by atoms with Gasteiger partial charge in [-0.25, -0.2) is 9.97 Å². The minimum atomic E-state index is 0.112. The fourth-order valence-corrected chi connectivity index (χ4v) is 2.61. The molecule has 1 heterocycles. The molecule has 110 valence electrons. The highest BCUT2D eigenvalue weighted by atomic mass is 16.3. The Balaban J connectivity index is 1.96. The predicted octanol–water partition coefficient (Wildman–Crippen LogP) is 2.08. The highest BCUT2D eigenvalue weighted by Gasteiger charge is 2.26. The van der Waals surface area contributed by atoms with Gasteiger partial charge in [-0.05, 0) is 19.3 Å². The molecule has 1 fully saturated rings. The average molecular weight is 284 g/mol. The normalized spacial score (nSPS) is 14.7. The molecule has 0 aliphatic heterocycles. The smallest absolute Gasteiger partial charge is 0.163 e. The number of nitrogens with two attached hydrogens (primary N) is 1. The zero-order chi connectivity index (χ0) is 14.7. The SMILES string of the molecule is Nc1cc(N(CCO)C2CCC2)nc(-c2ccccc2)n1. The zero-order valence-electron chi connectivity index (χ0n) is 11.9. The fourth-order valence-electron chi connectivity index (χ4n) is 2.61. The van der Waals surface area contributed by atoms with Gasteiger partial charge in [-0.2, -0.15) is 0 Å². The Hall–Kier alpha value is -2.14. The van der Waals surface area contributed by atoms with Crippen LogP contribution in [0.3, 0.4) is 0 Å². The van der Waals surface area contributed by atoms with Crippen LogP contribution in [0.2, 0.25) is 0 Å². The predicted molar refractivity (Wildman–Crippen MR) is 84.0 cm³/mol. The number of nitrogens with zero attached hydrogens (tertiary/aromatic N) is 3.